The fourth-order valence-corrected chi connectivity index (χ4v) is 2.56. The van der Waals surface area contributed by atoms with E-state index in [1.807, 2.05) is 34.6 Å². The molecule has 0 spiro atoms. The van der Waals surface area contributed by atoms with Crippen LogP contribution in [-0.2, 0) is 14.3 Å². The van der Waals surface area contributed by atoms with Crippen molar-refractivity contribution in [2.75, 3.05) is 6.61 Å². The quantitative estimate of drug-likeness (QED) is 0.705. The molecule has 1 heterocycles. The van der Waals surface area contributed by atoms with Crippen LogP contribution < -0.4 is 0 Å². The number of ether oxygens (including phenoxy) is 2. The van der Waals surface area contributed by atoms with Crippen molar-refractivity contribution in [3.05, 3.63) is 0 Å². The van der Waals surface area contributed by atoms with E-state index in [0.717, 1.165) is 12.8 Å². The molecule has 5 unspecified atom stereocenters. The smallest absolute Gasteiger partial charge is 0.163 e. The van der Waals surface area contributed by atoms with Crippen molar-refractivity contribution in [1.82, 2.24) is 0 Å². The lowest BCUT2D eigenvalue weighted by Crippen LogP contribution is -2.54. The lowest BCUT2D eigenvalue weighted by atomic mass is 9.88. The maximum atomic E-state index is 11.8. The first-order valence-corrected chi connectivity index (χ1v) is 8.35. The summed E-state index contributed by atoms with van der Waals surface area (Å²) in [7, 11) is 0. The van der Waals surface area contributed by atoms with Gasteiger partial charge < -0.3 is 19.7 Å². The number of hydrogen-bond donors (Lipinski definition) is 2. The van der Waals surface area contributed by atoms with Crippen LogP contribution in [0, 0.1) is 11.3 Å². The summed E-state index contributed by atoms with van der Waals surface area (Å²) in [5, 5.41) is 19.9. The Morgan fingerprint density at radius 1 is 1.18 bits per heavy atom. The second-order valence-electron chi connectivity index (χ2n) is 7.29. The van der Waals surface area contributed by atoms with E-state index in [-0.39, 0.29) is 17.1 Å². The van der Waals surface area contributed by atoms with E-state index in [1.54, 1.807) is 0 Å². The van der Waals surface area contributed by atoms with E-state index in [4.69, 9.17) is 9.47 Å². The van der Waals surface area contributed by atoms with Crippen molar-refractivity contribution in [3.63, 3.8) is 0 Å². The summed E-state index contributed by atoms with van der Waals surface area (Å²) in [5.74, 6) is -0.00613. The van der Waals surface area contributed by atoms with Crippen molar-refractivity contribution in [3.8, 4) is 0 Å². The lowest BCUT2D eigenvalue weighted by Gasteiger charge is -2.41. The Balaban J connectivity index is 2.31. The van der Waals surface area contributed by atoms with Crippen LogP contribution in [-0.4, -0.2) is 47.2 Å². The van der Waals surface area contributed by atoms with Gasteiger partial charge >= 0.3 is 0 Å². The maximum absolute atomic E-state index is 11.8. The zero-order valence-corrected chi connectivity index (χ0v) is 14.5. The van der Waals surface area contributed by atoms with Crippen LogP contribution in [0.2, 0.25) is 0 Å². The molecule has 0 aromatic heterocycles. The van der Waals surface area contributed by atoms with E-state index in [0.29, 0.717) is 19.4 Å². The first-order valence-electron chi connectivity index (χ1n) is 8.35. The van der Waals surface area contributed by atoms with Gasteiger partial charge in [-0.05, 0) is 19.3 Å². The lowest BCUT2D eigenvalue weighted by molar-refractivity contribution is -0.277. The molecule has 0 bridgehead atoms. The molecule has 0 radical (unpaired) electrons. The highest BCUT2D eigenvalue weighted by Gasteiger charge is 2.41. The molecule has 0 saturated carbocycles. The molecule has 1 fully saturated rings. The number of unbranched alkanes of at least 4 members (excludes halogenated alkanes) is 1. The van der Waals surface area contributed by atoms with Crippen LogP contribution in [0.15, 0.2) is 0 Å². The summed E-state index contributed by atoms with van der Waals surface area (Å²) in [4.78, 5) is 11.8. The number of aliphatic hydroxyl groups is 2. The van der Waals surface area contributed by atoms with Gasteiger partial charge in [-0.25, -0.2) is 0 Å². The average molecular weight is 316 g/mol. The van der Waals surface area contributed by atoms with Crippen LogP contribution in [0.1, 0.15) is 60.3 Å². The van der Waals surface area contributed by atoms with Crippen LogP contribution in [0.25, 0.3) is 0 Å². The number of carbonyl (C=O) groups excluding carboxylic acids is 1. The van der Waals surface area contributed by atoms with Gasteiger partial charge in [0, 0.05) is 24.4 Å². The molecule has 0 aromatic carbocycles. The predicted octanol–water partition coefficient (Wildman–Crippen LogP) is 2.28. The zero-order chi connectivity index (χ0) is 16.9. The Morgan fingerprint density at radius 3 is 2.36 bits per heavy atom. The summed E-state index contributed by atoms with van der Waals surface area (Å²) in [6.45, 7) is 10.0. The summed E-state index contributed by atoms with van der Waals surface area (Å²) in [6, 6.07) is 0. The predicted molar refractivity (Wildman–Crippen MR) is 84.4 cm³/mol. The molecule has 5 heteroatoms. The molecular formula is C17H32O5. The molecule has 5 nitrogen and oxygen atoms in total. The topological polar surface area (TPSA) is 76.0 Å². The number of hydrogen-bond acceptors (Lipinski definition) is 5. The molecule has 22 heavy (non-hydrogen) atoms. The third-order valence-corrected chi connectivity index (χ3v) is 4.33. The second-order valence-corrected chi connectivity index (χ2v) is 7.29. The number of ketones is 1. The normalized spacial score (nSPS) is 33.0. The highest BCUT2D eigenvalue weighted by Crippen LogP contribution is 2.28. The Kier molecular flexibility index (Phi) is 7.46. The molecule has 0 aromatic rings. The van der Waals surface area contributed by atoms with Gasteiger partial charge in [0.05, 0.1) is 12.2 Å². The van der Waals surface area contributed by atoms with Gasteiger partial charge in [0.25, 0.3) is 0 Å². The third kappa shape index (κ3) is 5.30. The third-order valence-electron chi connectivity index (χ3n) is 4.33. The first-order chi connectivity index (χ1) is 10.2. The Hall–Kier alpha value is -0.490. The van der Waals surface area contributed by atoms with E-state index in [2.05, 4.69) is 0 Å². The van der Waals surface area contributed by atoms with Crippen LogP contribution in [0.3, 0.4) is 0 Å². The number of rotatable bonds is 7. The molecule has 1 rings (SSSR count). The van der Waals surface area contributed by atoms with Crippen molar-refractivity contribution in [1.29, 1.82) is 0 Å². The highest BCUT2D eigenvalue weighted by molar-refractivity contribution is 5.83. The molecule has 1 aliphatic rings. The number of aliphatic hydroxyl groups excluding tert-OH is 2. The van der Waals surface area contributed by atoms with Gasteiger partial charge in [0.1, 0.15) is 11.9 Å². The van der Waals surface area contributed by atoms with Gasteiger partial charge in [-0.15, -0.1) is 0 Å². The SMILES string of the molecule is CCC1OC(OCCCCC(=O)C(C)(C)C)C(C)C(O)C1O. The Bertz CT molecular complexity index is 347. The molecule has 1 aliphatic heterocycles. The van der Waals surface area contributed by atoms with E-state index < -0.39 is 24.6 Å². The van der Waals surface area contributed by atoms with Gasteiger partial charge in [0.15, 0.2) is 6.29 Å². The summed E-state index contributed by atoms with van der Waals surface area (Å²) in [6.07, 6.45) is 0.192. The van der Waals surface area contributed by atoms with Gasteiger partial charge in [-0.3, -0.25) is 4.79 Å². The number of Topliss-reactive ketones (excluding diaryl/α,β-unsaturated/α-hetero) is 1. The minimum absolute atomic E-state index is 0.263. The Morgan fingerprint density at radius 2 is 1.82 bits per heavy atom. The average Bonchev–Trinajstić information content (AvgIpc) is 2.45. The molecular weight excluding hydrogens is 284 g/mol. The summed E-state index contributed by atoms with van der Waals surface area (Å²) < 4.78 is 11.4. The van der Waals surface area contributed by atoms with Crippen molar-refractivity contribution in [2.24, 2.45) is 11.3 Å². The summed E-state index contributed by atoms with van der Waals surface area (Å²) >= 11 is 0. The van der Waals surface area contributed by atoms with Crippen LogP contribution in [0.5, 0.6) is 0 Å². The molecule has 130 valence electrons. The Labute approximate surface area is 134 Å². The van der Waals surface area contributed by atoms with Gasteiger partial charge in [-0.2, -0.15) is 0 Å². The van der Waals surface area contributed by atoms with Gasteiger partial charge in [0.2, 0.25) is 0 Å². The largest absolute Gasteiger partial charge is 0.390 e. The fraction of sp³-hybridized carbons (Fsp3) is 0.941. The molecule has 1 saturated heterocycles. The van der Waals surface area contributed by atoms with Crippen LogP contribution in [0.4, 0.5) is 0 Å². The highest BCUT2D eigenvalue weighted by atomic mass is 16.7. The van der Waals surface area contributed by atoms with E-state index in [9.17, 15) is 15.0 Å². The minimum atomic E-state index is -0.857. The number of carbonyl (C=O) groups is 1. The summed E-state index contributed by atoms with van der Waals surface area (Å²) in [5.41, 5.74) is -0.281. The van der Waals surface area contributed by atoms with E-state index >= 15 is 0 Å². The standard InChI is InChI=1S/C17H32O5/c1-6-12-15(20)14(19)11(2)16(22-12)21-10-8-7-9-13(18)17(3,4)5/h11-12,14-16,19-20H,6-10H2,1-5H3. The molecule has 5 atom stereocenters. The zero-order valence-electron chi connectivity index (χ0n) is 14.5. The first kappa shape index (κ1) is 19.6. The van der Waals surface area contributed by atoms with E-state index in [1.165, 1.54) is 0 Å². The minimum Gasteiger partial charge on any atom is -0.390 e. The second kappa shape index (κ2) is 8.39. The van der Waals surface area contributed by atoms with Crippen molar-refractivity contribution in [2.45, 2.75) is 84.9 Å². The van der Waals surface area contributed by atoms with Crippen molar-refractivity contribution >= 4 is 5.78 Å². The fourth-order valence-electron chi connectivity index (χ4n) is 2.56. The monoisotopic (exact) mass is 316 g/mol. The molecule has 0 aliphatic carbocycles. The molecule has 2 N–H and O–H groups in total. The molecule has 0 amide bonds. The van der Waals surface area contributed by atoms with Gasteiger partial charge in [-0.1, -0.05) is 34.6 Å². The van der Waals surface area contributed by atoms with Crippen LogP contribution >= 0.6 is 0 Å². The maximum Gasteiger partial charge on any atom is 0.163 e. The van der Waals surface area contributed by atoms with Crippen molar-refractivity contribution < 1.29 is 24.5 Å².